The number of nitrogens with two attached hydrogens (primary N) is 1. The summed E-state index contributed by atoms with van der Waals surface area (Å²) in [7, 11) is 1.26. The zero-order valence-electron chi connectivity index (χ0n) is 10.9. The van der Waals surface area contributed by atoms with Gasteiger partial charge in [-0.2, -0.15) is 0 Å². The van der Waals surface area contributed by atoms with Crippen LogP contribution in [0.4, 0.5) is 13.2 Å². The molecule has 4 rings (SSSR count). The molecule has 3 aliphatic rings. The van der Waals surface area contributed by atoms with Gasteiger partial charge in [-0.3, -0.25) is 4.79 Å². The predicted molar refractivity (Wildman–Crippen MR) is 64.3 cm³/mol. The largest absolute Gasteiger partial charge is 0.468 e. The fourth-order valence-electron chi connectivity index (χ4n) is 3.79. The Hall–Kier alpha value is -1.56. The lowest BCUT2D eigenvalue weighted by Crippen LogP contribution is -2.72. The summed E-state index contributed by atoms with van der Waals surface area (Å²) in [6.45, 7) is 0. The van der Waals surface area contributed by atoms with Gasteiger partial charge in [-0.15, -0.1) is 0 Å². The molecule has 1 atom stereocenters. The molecule has 0 aromatic heterocycles. The van der Waals surface area contributed by atoms with Crippen molar-refractivity contribution in [3.8, 4) is 0 Å². The molecule has 2 bridgehead atoms. The summed E-state index contributed by atoms with van der Waals surface area (Å²) < 4.78 is 44.7. The Bertz CT molecular complexity index is 583. The molecule has 1 unspecified atom stereocenters. The fourth-order valence-corrected chi connectivity index (χ4v) is 3.79. The van der Waals surface area contributed by atoms with Crippen LogP contribution in [0.2, 0.25) is 0 Å². The summed E-state index contributed by atoms with van der Waals surface area (Å²) in [5.74, 6) is -4.27. The minimum Gasteiger partial charge on any atom is -0.468 e. The molecule has 20 heavy (non-hydrogen) atoms. The Labute approximate surface area is 113 Å². The van der Waals surface area contributed by atoms with Gasteiger partial charge in [0.25, 0.3) is 0 Å². The molecule has 3 fully saturated rings. The number of hydrogen-bond donors (Lipinski definition) is 1. The van der Waals surface area contributed by atoms with Crippen LogP contribution in [0.1, 0.15) is 24.8 Å². The minimum atomic E-state index is -1.45. The van der Waals surface area contributed by atoms with Gasteiger partial charge in [-0.25, -0.2) is 13.2 Å². The Morgan fingerprint density at radius 1 is 1.25 bits per heavy atom. The van der Waals surface area contributed by atoms with Crippen molar-refractivity contribution in [2.24, 2.45) is 11.1 Å². The van der Waals surface area contributed by atoms with Crippen molar-refractivity contribution < 1.29 is 22.7 Å². The van der Waals surface area contributed by atoms with E-state index in [9.17, 15) is 18.0 Å². The first-order valence-corrected chi connectivity index (χ1v) is 6.33. The Balaban J connectivity index is 1.82. The van der Waals surface area contributed by atoms with Crippen molar-refractivity contribution in [1.82, 2.24) is 0 Å². The number of hydrogen-bond acceptors (Lipinski definition) is 3. The van der Waals surface area contributed by atoms with E-state index in [1.54, 1.807) is 0 Å². The second-order valence-electron chi connectivity index (χ2n) is 5.90. The van der Waals surface area contributed by atoms with E-state index in [1.807, 2.05) is 0 Å². The number of methoxy groups -OCH3 is 1. The van der Waals surface area contributed by atoms with Gasteiger partial charge < -0.3 is 10.5 Å². The molecule has 0 heterocycles. The normalized spacial score (nSPS) is 32.0. The van der Waals surface area contributed by atoms with Crippen LogP contribution < -0.4 is 5.73 Å². The van der Waals surface area contributed by atoms with Crippen molar-refractivity contribution in [2.45, 2.75) is 30.7 Å². The van der Waals surface area contributed by atoms with E-state index in [1.165, 1.54) is 13.2 Å². The zero-order chi connectivity index (χ0) is 14.7. The summed E-state index contributed by atoms with van der Waals surface area (Å²) in [4.78, 5) is 11.5. The van der Waals surface area contributed by atoms with Crippen molar-refractivity contribution in [3.63, 3.8) is 0 Å². The van der Waals surface area contributed by atoms with Crippen molar-refractivity contribution in [1.29, 1.82) is 0 Å². The second kappa shape index (κ2) is 3.97. The van der Waals surface area contributed by atoms with Gasteiger partial charge in [-0.05, 0) is 36.3 Å². The van der Waals surface area contributed by atoms with Crippen molar-refractivity contribution >= 4 is 5.97 Å². The number of rotatable bonds is 3. The van der Waals surface area contributed by atoms with Crippen LogP contribution in [0.15, 0.2) is 12.1 Å². The maximum absolute atomic E-state index is 13.8. The number of carbonyl (C=O) groups excluding carboxylic acids is 1. The molecule has 2 N–H and O–H groups in total. The van der Waals surface area contributed by atoms with E-state index in [0.29, 0.717) is 19.3 Å². The molecule has 1 aromatic rings. The molecule has 1 aromatic carbocycles. The van der Waals surface area contributed by atoms with Gasteiger partial charge >= 0.3 is 5.97 Å². The Morgan fingerprint density at radius 2 is 1.85 bits per heavy atom. The molecule has 3 nitrogen and oxygen atoms in total. The quantitative estimate of drug-likeness (QED) is 0.683. The average molecular weight is 285 g/mol. The van der Waals surface area contributed by atoms with Crippen LogP contribution in [-0.4, -0.2) is 19.1 Å². The lowest BCUT2D eigenvalue weighted by atomic mass is 9.31. The summed E-state index contributed by atoms with van der Waals surface area (Å²) >= 11 is 0. The standard InChI is InChI=1S/C14H14F3NO2/c1-20-12(19)11(18)14-4-13(5-14,6-14)7-2-3-8(15)10(17)9(7)16/h2-3,11H,4-6,18H2,1H3. The molecule has 0 aliphatic heterocycles. The van der Waals surface area contributed by atoms with E-state index < -0.39 is 34.9 Å². The van der Waals surface area contributed by atoms with E-state index in [0.717, 1.165) is 6.07 Å². The number of carbonyl (C=O) groups is 1. The number of benzene rings is 1. The first-order chi connectivity index (χ1) is 9.35. The first kappa shape index (κ1) is 13.4. The minimum absolute atomic E-state index is 0.176. The van der Waals surface area contributed by atoms with Gasteiger partial charge in [0.15, 0.2) is 17.5 Å². The molecule has 0 radical (unpaired) electrons. The molecule has 3 aliphatic carbocycles. The third-order valence-electron chi connectivity index (χ3n) is 4.79. The molecular weight excluding hydrogens is 271 g/mol. The topological polar surface area (TPSA) is 52.3 Å². The highest BCUT2D eigenvalue weighted by Gasteiger charge is 2.72. The van der Waals surface area contributed by atoms with Crippen LogP contribution >= 0.6 is 0 Å². The summed E-state index contributed by atoms with van der Waals surface area (Å²) in [6, 6.07) is 1.46. The van der Waals surface area contributed by atoms with Crippen LogP contribution in [0.3, 0.4) is 0 Å². The molecule has 0 amide bonds. The first-order valence-electron chi connectivity index (χ1n) is 6.33. The third-order valence-corrected chi connectivity index (χ3v) is 4.79. The molecule has 0 saturated heterocycles. The average Bonchev–Trinajstić information content (AvgIpc) is 2.34. The molecule has 0 spiro atoms. The van der Waals surface area contributed by atoms with Gasteiger partial charge in [0.1, 0.15) is 6.04 Å². The third kappa shape index (κ3) is 1.48. The van der Waals surface area contributed by atoms with E-state index in [4.69, 9.17) is 5.73 Å². The lowest BCUT2D eigenvalue weighted by Gasteiger charge is -2.72. The second-order valence-corrected chi connectivity index (χ2v) is 5.90. The van der Waals surface area contributed by atoms with Crippen LogP contribution in [0.25, 0.3) is 0 Å². The highest BCUT2D eigenvalue weighted by atomic mass is 19.2. The van der Waals surface area contributed by atoms with Crippen LogP contribution in [-0.2, 0) is 14.9 Å². The number of halogens is 3. The number of esters is 1. The SMILES string of the molecule is COC(=O)C(N)C12CC(c3ccc(F)c(F)c3F)(C1)C2. The zero-order valence-corrected chi connectivity index (χ0v) is 10.9. The molecular formula is C14H14F3NO2. The summed E-state index contributed by atoms with van der Waals surface area (Å²) in [5.41, 5.74) is 5.11. The Morgan fingerprint density at radius 3 is 2.40 bits per heavy atom. The van der Waals surface area contributed by atoms with Gasteiger partial charge in [0.05, 0.1) is 7.11 Å². The van der Waals surface area contributed by atoms with Crippen LogP contribution in [0, 0.1) is 22.9 Å². The lowest BCUT2D eigenvalue weighted by molar-refractivity contribution is -0.181. The van der Waals surface area contributed by atoms with E-state index in [-0.39, 0.29) is 11.0 Å². The maximum Gasteiger partial charge on any atom is 0.323 e. The van der Waals surface area contributed by atoms with Gasteiger partial charge in [0.2, 0.25) is 0 Å². The summed E-state index contributed by atoms with van der Waals surface area (Å²) in [6.07, 6.45) is 1.49. The monoisotopic (exact) mass is 285 g/mol. The van der Waals surface area contributed by atoms with Gasteiger partial charge in [0, 0.05) is 5.41 Å². The summed E-state index contributed by atoms with van der Waals surface area (Å²) in [5, 5.41) is 0. The Kier molecular flexibility index (Phi) is 2.67. The van der Waals surface area contributed by atoms with Gasteiger partial charge in [-0.1, -0.05) is 6.07 Å². The van der Waals surface area contributed by atoms with Crippen LogP contribution in [0.5, 0.6) is 0 Å². The molecule has 108 valence electrons. The maximum atomic E-state index is 13.8. The predicted octanol–water partition coefficient (Wildman–Crippen LogP) is 2.03. The van der Waals surface area contributed by atoms with Crippen molar-refractivity contribution in [3.05, 3.63) is 35.1 Å². The van der Waals surface area contributed by atoms with Crippen molar-refractivity contribution in [2.75, 3.05) is 7.11 Å². The van der Waals surface area contributed by atoms with E-state index >= 15 is 0 Å². The molecule has 6 heteroatoms. The highest BCUT2D eigenvalue weighted by Crippen LogP contribution is 2.75. The fraction of sp³-hybridized carbons (Fsp3) is 0.500. The van der Waals surface area contributed by atoms with E-state index in [2.05, 4.69) is 4.74 Å². The smallest absolute Gasteiger partial charge is 0.323 e. The molecule has 3 saturated carbocycles. The highest BCUT2D eigenvalue weighted by molar-refractivity contribution is 5.77. The number of ether oxygens (including phenoxy) is 1.